The highest BCUT2D eigenvalue weighted by Gasteiger charge is 2.29. The van der Waals surface area contributed by atoms with Crippen LogP contribution >= 0.6 is 15.6 Å². The normalized spacial score (nSPS) is 13.9. The van der Waals surface area contributed by atoms with E-state index in [-0.39, 0.29) is 0 Å². The van der Waals surface area contributed by atoms with Crippen LogP contribution in [0.3, 0.4) is 0 Å². The van der Waals surface area contributed by atoms with Gasteiger partial charge in [0.15, 0.2) is 0 Å². The second kappa shape index (κ2) is 12.0. The van der Waals surface area contributed by atoms with E-state index < -0.39 is 26.8 Å². The van der Waals surface area contributed by atoms with Gasteiger partial charge >= 0.3 is 15.6 Å². The first-order valence-corrected chi connectivity index (χ1v) is 11.9. The van der Waals surface area contributed by atoms with Gasteiger partial charge in [-0.25, -0.2) is 9.13 Å². The first-order valence-electron chi connectivity index (χ1n) is 8.80. The third kappa shape index (κ3) is 19.2. The quantitative estimate of drug-likeness (QED) is 0.210. The van der Waals surface area contributed by atoms with Crippen LogP contribution in [0.15, 0.2) is 0 Å². The Hall–Kier alpha value is 0.140. The summed E-state index contributed by atoms with van der Waals surface area (Å²) in [6, 6.07) is 0. The average Bonchev–Trinajstić information content (AvgIpc) is 2.39. The van der Waals surface area contributed by atoms with E-state index in [9.17, 15) is 9.13 Å². The number of hydrogen-bond donors (Lipinski definition) is 4. The summed E-state index contributed by atoms with van der Waals surface area (Å²) in [6.45, 7) is 8.40. The molecule has 0 aromatic carbocycles. The van der Waals surface area contributed by atoms with E-state index in [0.717, 1.165) is 0 Å². The third-order valence-electron chi connectivity index (χ3n) is 3.44. The van der Waals surface area contributed by atoms with E-state index in [2.05, 4.69) is 0 Å². The molecule has 10 nitrogen and oxygen atoms in total. The Bertz CT molecular complexity index is 453. The van der Waals surface area contributed by atoms with Gasteiger partial charge < -0.3 is 29.0 Å². The smallest absolute Gasteiger partial charge is 0.381 e. The highest BCUT2D eigenvalue weighted by Crippen LogP contribution is 2.43. The maximum atomic E-state index is 10.8. The molecule has 0 aliphatic rings. The molecule has 0 fully saturated rings. The van der Waals surface area contributed by atoms with Gasteiger partial charge in [-0.1, -0.05) is 0 Å². The van der Waals surface area contributed by atoms with E-state index in [1.807, 2.05) is 0 Å². The molecule has 0 saturated heterocycles. The number of ether oxygens (including phenoxy) is 2. The second-order valence-corrected chi connectivity index (χ2v) is 9.80. The fourth-order valence-corrected chi connectivity index (χ4v) is 3.87. The van der Waals surface area contributed by atoms with Gasteiger partial charge in [0.1, 0.15) is 0 Å². The lowest BCUT2D eigenvalue weighted by Crippen LogP contribution is -2.23. The van der Waals surface area contributed by atoms with Crippen molar-refractivity contribution in [1.82, 2.24) is 0 Å². The predicted molar refractivity (Wildman–Crippen MR) is 99.1 cm³/mol. The number of hydrogen-bond acceptors (Lipinski definition) is 6. The summed E-state index contributed by atoms with van der Waals surface area (Å²) in [5, 5.41) is 0. The topological polar surface area (TPSA) is 152 Å². The molecule has 0 saturated carbocycles. The summed E-state index contributed by atoms with van der Waals surface area (Å²) in [5.41, 5.74) is -1.83. The van der Waals surface area contributed by atoms with Crippen LogP contribution in [0, 0.1) is 0 Å². The zero-order chi connectivity index (χ0) is 21.2. The van der Waals surface area contributed by atoms with Crippen LogP contribution in [0.25, 0.3) is 0 Å². The van der Waals surface area contributed by atoms with Crippen molar-refractivity contribution in [1.29, 1.82) is 0 Å². The molecule has 0 aliphatic carbocycles. The molecule has 0 aromatic heterocycles. The van der Waals surface area contributed by atoms with Crippen LogP contribution in [0.1, 0.15) is 59.8 Å². The Morgan fingerprint density at radius 3 is 1.22 bits per heavy atom. The molecule has 0 bridgehead atoms. The van der Waals surface area contributed by atoms with Gasteiger partial charge in [-0.3, -0.25) is 9.05 Å². The van der Waals surface area contributed by atoms with E-state index in [4.69, 9.17) is 38.1 Å². The Kier molecular flexibility index (Phi) is 12.0. The molecule has 0 aromatic rings. The number of phosphoric ester groups is 2. The molecule has 0 spiro atoms. The minimum atomic E-state index is -4.49. The monoisotopic (exact) mass is 436 g/mol. The van der Waals surface area contributed by atoms with Gasteiger partial charge in [-0.2, -0.15) is 0 Å². The lowest BCUT2D eigenvalue weighted by Gasteiger charge is -2.25. The minimum Gasteiger partial charge on any atom is -0.381 e. The summed E-state index contributed by atoms with van der Waals surface area (Å²) in [6.07, 6.45) is 2.85. The molecule has 12 heteroatoms. The lowest BCUT2D eigenvalue weighted by molar-refractivity contribution is 0.0350. The standard InChI is InChI=1S/C15H34O10P2/c1-14(2,24-26(16,17)18)8-5-10-22-12-7-13-23-11-6-9-15(3,4)25-27(19,20)21/h5-13H2,1-4H3,(H2,16,17,18)(H2,19,20,21). The van der Waals surface area contributed by atoms with Crippen LogP contribution in [0.5, 0.6) is 0 Å². The zero-order valence-electron chi connectivity index (χ0n) is 16.5. The molecule has 0 heterocycles. The lowest BCUT2D eigenvalue weighted by atomic mass is 10.0. The third-order valence-corrected chi connectivity index (χ3v) is 4.91. The fraction of sp³-hybridized carbons (Fsp3) is 1.00. The first-order chi connectivity index (χ1) is 12.1. The van der Waals surface area contributed by atoms with Crippen molar-refractivity contribution < 1.29 is 47.2 Å². The van der Waals surface area contributed by atoms with Crippen molar-refractivity contribution in [3.8, 4) is 0 Å². The minimum absolute atomic E-state index is 0.459. The molecule has 0 aliphatic heterocycles. The summed E-state index contributed by atoms with van der Waals surface area (Å²) in [7, 11) is -8.98. The Morgan fingerprint density at radius 1 is 0.630 bits per heavy atom. The molecular formula is C15H34O10P2. The SMILES string of the molecule is CC(C)(CCCOCCCOCCCC(C)(C)OP(=O)(O)O)OP(=O)(O)O. The summed E-state index contributed by atoms with van der Waals surface area (Å²) in [4.78, 5) is 35.2. The molecule has 164 valence electrons. The van der Waals surface area contributed by atoms with Gasteiger partial charge in [0.05, 0.1) is 11.2 Å². The molecule has 0 rings (SSSR count). The van der Waals surface area contributed by atoms with Gasteiger partial charge in [0, 0.05) is 26.4 Å². The molecule has 0 radical (unpaired) electrons. The molecule has 0 amide bonds. The van der Waals surface area contributed by atoms with Crippen molar-refractivity contribution >= 4 is 15.6 Å². The fourth-order valence-electron chi connectivity index (χ4n) is 2.40. The predicted octanol–water partition coefficient (Wildman–Crippen LogP) is 2.75. The van der Waals surface area contributed by atoms with Crippen LogP contribution < -0.4 is 0 Å². The Morgan fingerprint density at radius 2 is 0.926 bits per heavy atom. The first kappa shape index (κ1) is 27.1. The van der Waals surface area contributed by atoms with Crippen molar-refractivity contribution in [3.63, 3.8) is 0 Å². The van der Waals surface area contributed by atoms with Gasteiger partial charge in [-0.15, -0.1) is 0 Å². The van der Waals surface area contributed by atoms with Gasteiger partial charge in [-0.05, 0) is 59.8 Å². The highest BCUT2D eigenvalue weighted by atomic mass is 31.2. The molecule has 27 heavy (non-hydrogen) atoms. The zero-order valence-corrected chi connectivity index (χ0v) is 18.3. The summed E-state index contributed by atoms with van der Waals surface area (Å²) < 4.78 is 41.9. The van der Waals surface area contributed by atoms with E-state index in [1.165, 1.54) is 0 Å². The Balaban J connectivity index is 3.58. The second-order valence-electron chi connectivity index (χ2n) is 7.47. The van der Waals surface area contributed by atoms with Crippen LogP contribution in [0.4, 0.5) is 0 Å². The largest absolute Gasteiger partial charge is 0.470 e. The summed E-state index contributed by atoms with van der Waals surface area (Å²) >= 11 is 0. The van der Waals surface area contributed by atoms with Crippen LogP contribution in [0.2, 0.25) is 0 Å². The number of phosphoric acid groups is 2. The van der Waals surface area contributed by atoms with Crippen molar-refractivity contribution in [2.45, 2.75) is 71.0 Å². The van der Waals surface area contributed by atoms with Crippen molar-refractivity contribution in [2.75, 3.05) is 26.4 Å². The van der Waals surface area contributed by atoms with E-state index in [1.54, 1.807) is 27.7 Å². The van der Waals surface area contributed by atoms with Crippen LogP contribution in [-0.4, -0.2) is 57.2 Å². The van der Waals surface area contributed by atoms with Crippen molar-refractivity contribution in [2.24, 2.45) is 0 Å². The molecular weight excluding hydrogens is 402 g/mol. The molecule has 4 N–H and O–H groups in total. The van der Waals surface area contributed by atoms with E-state index in [0.29, 0.717) is 58.5 Å². The van der Waals surface area contributed by atoms with Crippen LogP contribution in [-0.2, 0) is 27.7 Å². The van der Waals surface area contributed by atoms with Gasteiger partial charge in [0.25, 0.3) is 0 Å². The highest BCUT2D eigenvalue weighted by molar-refractivity contribution is 7.46. The maximum absolute atomic E-state index is 10.8. The summed E-state index contributed by atoms with van der Waals surface area (Å²) in [5.74, 6) is 0. The van der Waals surface area contributed by atoms with E-state index >= 15 is 0 Å². The number of rotatable bonds is 16. The molecule has 0 atom stereocenters. The molecule has 0 unspecified atom stereocenters. The van der Waals surface area contributed by atoms with Crippen molar-refractivity contribution in [3.05, 3.63) is 0 Å². The Labute approximate surface area is 161 Å². The maximum Gasteiger partial charge on any atom is 0.470 e. The average molecular weight is 436 g/mol. The van der Waals surface area contributed by atoms with Gasteiger partial charge in [0.2, 0.25) is 0 Å².